The van der Waals surface area contributed by atoms with E-state index >= 15 is 0 Å². The summed E-state index contributed by atoms with van der Waals surface area (Å²) in [6.07, 6.45) is 0. The van der Waals surface area contributed by atoms with Crippen LogP contribution in [0.5, 0.6) is 17.2 Å². The van der Waals surface area contributed by atoms with Gasteiger partial charge in [-0.05, 0) is 24.3 Å². The van der Waals surface area contributed by atoms with Crippen molar-refractivity contribution in [1.82, 2.24) is 0 Å². The van der Waals surface area contributed by atoms with Gasteiger partial charge in [0.25, 0.3) is 0 Å². The molecule has 0 amide bonds. The molecule has 1 unspecified atom stereocenters. The summed E-state index contributed by atoms with van der Waals surface area (Å²) in [6, 6.07) is 14.2. The molecule has 2 aromatic rings. The third kappa shape index (κ3) is 3.84. The third-order valence-corrected chi connectivity index (χ3v) is 3.47. The fraction of sp³-hybridized carbons (Fsp3) is 0.0714. The zero-order chi connectivity index (χ0) is 15.3. The highest BCUT2D eigenvalue weighted by molar-refractivity contribution is 7.70. The molecule has 0 spiro atoms. The van der Waals surface area contributed by atoms with E-state index < -0.39 is 13.3 Å². The van der Waals surface area contributed by atoms with Gasteiger partial charge in [0.2, 0.25) is 0 Å². The van der Waals surface area contributed by atoms with Gasteiger partial charge in [-0.3, -0.25) is 0 Å². The van der Waals surface area contributed by atoms with Gasteiger partial charge in [0, 0.05) is 0 Å². The van der Waals surface area contributed by atoms with Gasteiger partial charge in [0.15, 0.2) is 11.5 Å². The number of rotatable bonds is 5. The molecule has 110 valence electrons. The van der Waals surface area contributed by atoms with Crippen LogP contribution >= 0.6 is 7.60 Å². The number of carbonyl (C=O) groups excluding carboxylic acids is 1. The predicted octanol–water partition coefficient (Wildman–Crippen LogP) is 3.46. The largest absolute Gasteiger partial charge is 0.493 e. The molecule has 0 saturated heterocycles. The molecule has 0 fully saturated rings. The molecular weight excluding hydrogens is 295 g/mol. The summed E-state index contributed by atoms with van der Waals surface area (Å²) in [5.74, 6) is 0.371. The van der Waals surface area contributed by atoms with E-state index in [0.29, 0.717) is 0 Å². The number of hydrogen-bond donors (Lipinski definition) is 1. The van der Waals surface area contributed by atoms with Crippen LogP contribution in [0.1, 0.15) is 0 Å². The molecule has 21 heavy (non-hydrogen) atoms. The van der Waals surface area contributed by atoms with Gasteiger partial charge in [-0.1, -0.05) is 30.3 Å². The molecule has 0 radical (unpaired) electrons. The summed E-state index contributed by atoms with van der Waals surface area (Å²) in [5.41, 5.74) is -1.36. The van der Waals surface area contributed by atoms with E-state index in [2.05, 4.69) is 0 Å². The SMILES string of the molecule is COc1ccccc1OP(=O)(O)C(=O)Oc1ccccc1. The quantitative estimate of drug-likeness (QED) is 0.852. The number of hydrogen-bond acceptors (Lipinski definition) is 5. The highest BCUT2D eigenvalue weighted by Crippen LogP contribution is 2.47. The summed E-state index contributed by atoms with van der Waals surface area (Å²) < 4.78 is 26.6. The Labute approximate surface area is 121 Å². The van der Waals surface area contributed by atoms with Crippen LogP contribution in [0.3, 0.4) is 0 Å². The zero-order valence-corrected chi connectivity index (χ0v) is 12.0. The average Bonchev–Trinajstić information content (AvgIpc) is 2.48. The van der Waals surface area contributed by atoms with Crippen molar-refractivity contribution in [3.63, 3.8) is 0 Å². The van der Waals surface area contributed by atoms with Crippen molar-refractivity contribution >= 4 is 13.3 Å². The minimum atomic E-state index is -4.65. The number of methoxy groups -OCH3 is 1. The minimum absolute atomic E-state index is 0.0177. The van der Waals surface area contributed by atoms with Crippen LogP contribution in [0.25, 0.3) is 0 Å². The maximum Gasteiger partial charge on any atom is 0.485 e. The lowest BCUT2D eigenvalue weighted by atomic mass is 10.3. The summed E-state index contributed by atoms with van der Waals surface area (Å²) in [6.45, 7) is 0. The predicted molar refractivity (Wildman–Crippen MR) is 75.9 cm³/mol. The van der Waals surface area contributed by atoms with Crippen molar-refractivity contribution in [2.75, 3.05) is 7.11 Å². The van der Waals surface area contributed by atoms with Gasteiger partial charge in [0.05, 0.1) is 7.11 Å². The summed E-state index contributed by atoms with van der Waals surface area (Å²) >= 11 is 0. The van der Waals surface area contributed by atoms with Crippen LogP contribution in [0.15, 0.2) is 54.6 Å². The van der Waals surface area contributed by atoms with E-state index in [1.807, 2.05) is 0 Å². The molecule has 0 aliphatic carbocycles. The van der Waals surface area contributed by atoms with Gasteiger partial charge < -0.3 is 18.9 Å². The monoisotopic (exact) mass is 308 g/mol. The van der Waals surface area contributed by atoms with E-state index in [1.165, 1.54) is 31.4 Å². The summed E-state index contributed by atoms with van der Waals surface area (Å²) in [7, 11) is -3.27. The first-order chi connectivity index (χ1) is 10.0. The van der Waals surface area contributed by atoms with Crippen molar-refractivity contribution in [1.29, 1.82) is 0 Å². The van der Waals surface area contributed by atoms with Crippen molar-refractivity contribution in [2.24, 2.45) is 0 Å². The van der Waals surface area contributed by atoms with Gasteiger partial charge in [-0.2, -0.15) is 0 Å². The van der Waals surface area contributed by atoms with E-state index in [-0.39, 0.29) is 17.2 Å². The lowest BCUT2D eigenvalue weighted by molar-refractivity contribution is 0.214. The van der Waals surface area contributed by atoms with Crippen LogP contribution in [-0.2, 0) is 4.57 Å². The molecule has 1 N–H and O–H groups in total. The van der Waals surface area contributed by atoms with Crippen LogP contribution in [0.2, 0.25) is 0 Å². The summed E-state index contributed by atoms with van der Waals surface area (Å²) in [5, 5.41) is 0. The smallest absolute Gasteiger partial charge is 0.485 e. The average molecular weight is 308 g/mol. The molecule has 6 nitrogen and oxygen atoms in total. The highest BCUT2D eigenvalue weighted by atomic mass is 31.2. The molecule has 7 heteroatoms. The third-order valence-electron chi connectivity index (χ3n) is 2.47. The Morgan fingerprint density at radius 2 is 1.57 bits per heavy atom. The molecule has 1 atom stereocenters. The second-order valence-corrected chi connectivity index (χ2v) is 5.53. The normalized spacial score (nSPS) is 13.0. The lowest BCUT2D eigenvalue weighted by Crippen LogP contribution is -2.10. The number of carbonyl (C=O) groups is 1. The van der Waals surface area contributed by atoms with Crippen LogP contribution in [0.4, 0.5) is 4.79 Å². The van der Waals surface area contributed by atoms with Crippen molar-refractivity contribution in [2.45, 2.75) is 0 Å². The first-order valence-electron chi connectivity index (χ1n) is 5.96. The van der Waals surface area contributed by atoms with Crippen LogP contribution < -0.4 is 14.0 Å². The molecule has 2 rings (SSSR count). The van der Waals surface area contributed by atoms with Crippen LogP contribution in [-0.4, -0.2) is 17.7 Å². The number of ether oxygens (including phenoxy) is 2. The van der Waals surface area contributed by atoms with E-state index in [0.717, 1.165) is 0 Å². The van der Waals surface area contributed by atoms with Crippen molar-refractivity contribution in [3.05, 3.63) is 54.6 Å². The molecule has 0 saturated carbocycles. The maximum atomic E-state index is 12.0. The highest BCUT2D eigenvalue weighted by Gasteiger charge is 2.36. The first-order valence-corrected chi connectivity index (χ1v) is 7.53. The fourth-order valence-electron chi connectivity index (χ4n) is 1.51. The molecule has 0 bridgehead atoms. The van der Waals surface area contributed by atoms with Gasteiger partial charge in [0.1, 0.15) is 5.75 Å². The lowest BCUT2D eigenvalue weighted by Gasteiger charge is -2.14. The Morgan fingerprint density at radius 1 is 1.00 bits per heavy atom. The van der Waals surface area contributed by atoms with Gasteiger partial charge >= 0.3 is 13.3 Å². The first kappa shape index (κ1) is 15.1. The Morgan fingerprint density at radius 3 is 2.19 bits per heavy atom. The number of para-hydroxylation sites is 3. The Bertz CT molecular complexity index is 670. The topological polar surface area (TPSA) is 82.1 Å². The molecule has 0 aromatic heterocycles. The van der Waals surface area contributed by atoms with E-state index in [1.54, 1.807) is 30.3 Å². The van der Waals surface area contributed by atoms with Crippen LogP contribution in [0, 0.1) is 0 Å². The fourth-order valence-corrected chi connectivity index (χ4v) is 2.22. The van der Waals surface area contributed by atoms with Gasteiger partial charge in [-0.25, -0.2) is 9.36 Å². The van der Waals surface area contributed by atoms with E-state index in [9.17, 15) is 14.3 Å². The van der Waals surface area contributed by atoms with Crippen molar-refractivity contribution < 1.29 is 28.3 Å². The Hall–Kier alpha value is -2.30. The Balaban J connectivity index is 2.14. The minimum Gasteiger partial charge on any atom is -0.493 e. The number of benzene rings is 2. The standard InChI is InChI=1S/C14H13O6P/c1-18-12-9-5-6-10-13(12)20-21(16,17)14(15)19-11-7-3-2-4-8-11/h2-10H,1H3,(H,16,17). The second kappa shape index (κ2) is 6.43. The Kier molecular flexibility index (Phi) is 4.62. The molecule has 0 heterocycles. The zero-order valence-electron chi connectivity index (χ0n) is 11.1. The van der Waals surface area contributed by atoms with Crippen molar-refractivity contribution in [3.8, 4) is 17.2 Å². The molecule has 2 aromatic carbocycles. The summed E-state index contributed by atoms with van der Waals surface area (Å²) in [4.78, 5) is 21.5. The molecular formula is C14H13O6P. The molecule has 0 aliphatic rings. The maximum absolute atomic E-state index is 12.0. The van der Waals surface area contributed by atoms with Gasteiger partial charge in [-0.15, -0.1) is 0 Å². The second-order valence-electron chi connectivity index (χ2n) is 3.94. The van der Waals surface area contributed by atoms with E-state index in [4.69, 9.17) is 14.0 Å². The molecule has 0 aliphatic heterocycles.